The van der Waals surface area contributed by atoms with E-state index in [0.29, 0.717) is 6.54 Å². The molecule has 0 saturated carbocycles. The average molecular weight is 343 g/mol. The number of hydrogen-bond acceptors (Lipinski definition) is 6. The van der Waals surface area contributed by atoms with Crippen LogP contribution in [-0.2, 0) is 11.8 Å². The smallest absolute Gasteiger partial charge is 0.246 e. The summed E-state index contributed by atoms with van der Waals surface area (Å²) in [5.74, 6) is 0.858. The molecule has 1 aliphatic rings. The zero-order valence-corrected chi connectivity index (χ0v) is 15.1. The number of carbonyl (C=O) groups excluding carboxylic acids is 1. The van der Waals surface area contributed by atoms with E-state index in [0.717, 1.165) is 49.3 Å². The SMILES string of the molecule is CN1CC/C(=C/C(=O)N(C)CCCNc2ncnc3cnn(C)c23)C1. The van der Waals surface area contributed by atoms with E-state index in [1.165, 1.54) is 11.9 Å². The van der Waals surface area contributed by atoms with E-state index >= 15 is 0 Å². The van der Waals surface area contributed by atoms with Crippen LogP contribution in [0.15, 0.2) is 24.2 Å². The molecule has 134 valence electrons. The maximum absolute atomic E-state index is 12.2. The molecular weight excluding hydrogens is 318 g/mol. The molecule has 0 aliphatic carbocycles. The van der Waals surface area contributed by atoms with Crippen molar-refractivity contribution in [3.8, 4) is 0 Å². The second-order valence-corrected chi connectivity index (χ2v) is 6.55. The monoisotopic (exact) mass is 343 g/mol. The molecule has 1 N–H and O–H groups in total. The first kappa shape index (κ1) is 17.3. The summed E-state index contributed by atoms with van der Waals surface area (Å²) < 4.78 is 1.76. The van der Waals surface area contributed by atoms with Gasteiger partial charge in [-0.05, 0) is 25.5 Å². The lowest BCUT2D eigenvalue weighted by atomic mass is 10.2. The van der Waals surface area contributed by atoms with Gasteiger partial charge in [0.15, 0.2) is 5.82 Å². The fourth-order valence-electron chi connectivity index (χ4n) is 3.01. The first-order valence-electron chi connectivity index (χ1n) is 8.54. The number of likely N-dealkylation sites (N-methyl/N-ethyl adjacent to an activating group) is 2. The lowest BCUT2D eigenvalue weighted by Crippen LogP contribution is -2.27. The van der Waals surface area contributed by atoms with Gasteiger partial charge in [-0.2, -0.15) is 5.10 Å². The van der Waals surface area contributed by atoms with Gasteiger partial charge in [0.1, 0.15) is 17.4 Å². The van der Waals surface area contributed by atoms with Crippen molar-refractivity contribution in [3.05, 3.63) is 24.2 Å². The molecule has 0 bridgehead atoms. The van der Waals surface area contributed by atoms with Gasteiger partial charge in [0.2, 0.25) is 5.91 Å². The van der Waals surface area contributed by atoms with Crippen molar-refractivity contribution in [2.24, 2.45) is 7.05 Å². The Balaban J connectivity index is 1.48. The molecule has 0 atom stereocenters. The Morgan fingerprint density at radius 3 is 3.00 bits per heavy atom. The first-order valence-corrected chi connectivity index (χ1v) is 8.54. The number of aromatic nitrogens is 4. The Hall–Kier alpha value is -2.48. The van der Waals surface area contributed by atoms with E-state index < -0.39 is 0 Å². The van der Waals surface area contributed by atoms with Crippen LogP contribution in [-0.4, -0.2) is 75.7 Å². The van der Waals surface area contributed by atoms with Crippen molar-refractivity contribution in [1.29, 1.82) is 0 Å². The highest BCUT2D eigenvalue weighted by molar-refractivity contribution is 5.88. The van der Waals surface area contributed by atoms with Gasteiger partial charge in [0.05, 0.1) is 6.20 Å². The predicted octanol–water partition coefficient (Wildman–Crippen LogP) is 0.886. The lowest BCUT2D eigenvalue weighted by Gasteiger charge is -2.16. The molecule has 1 aliphatic heterocycles. The molecule has 3 rings (SSSR count). The third-order valence-corrected chi connectivity index (χ3v) is 4.48. The van der Waals surface area contributed by atoms with Crippen molar-refractivity contribution in [2.45, 2.75) is 12.8 Å². The van der Waals surface area contributed by atoms with Gasteiger partial charge in [0, 0.05) is 46.4 Å². The van der Waals surface area contributed by atoms with Crippen molar-refractivity contribution >= 4 is 22.8 Å². The second-order valence-electron chi connectivity index (χ2n) is 6.55. The molecule has 0 radical (unpaired) electrons. The van der Waals surface area contributed by atoms with Crippen molar-refractivity contribution in [3.63, 3.8) is 0 Å². The van der Waals surface area contributed by atoms with E-state index in [1.807, 2.05) is 14.1 Å². The van der Waals surface area contributed by atoms with Gasteiger partial charge in [-0.15, -0.1) is 0 Å². The number of likely N-dealkylation sites (tertiary alicyclic amines) is 1. The topological polar surface area (TPSA) is 79.2 Å². The summed E-state index contributed by atoms with van der Waals surface area (Å²) in [5, 5.41) is 7.52. The molecule has 25 heavy (non-hydrogen) atoms. The highest BCUT2D eigenvalue weighted by atomic mass is 16.2. The summed E-state index contributed by atoms with van der Waals surface area (Å²) in [7, 11) is 5.80. The van der Waals surface area contributed by atoms with Gasteiger partial charge < -0.3 is 15.1 Å². The summed E-state index contributed by atoms with van der Waals surface area (Å²) in [6.45, 7) is 3.36. The fourth-order valence-corrected chi connectivity index (χ4v) is 3.01. The standard InChI is InChI=1S/C17H25N7O/c1-22-8-5-13(11-22)9-15(25)23(2)7-4-6-18-17-16-14(19-12-20-17)10-21-24(16)3/h9-10,12H,4-8,11H2,1-3H3,(H,18,19,20)/b13-9-. The number of nitrogens with one attached hydrogen (secondary N) is 1. The lowest BCUT2D eigenvalue weighted by molar-refractivity contribution is -0.124. The van der Waals surface area contributed by atoms with Gasteiger partial charge in [-0.3, -0.25) is 9.48 Å². The molecule has 2 aromatic rings. The van der Waals surface area contributed by atoms with Crippen LogP contribution in [0.2, 0.25) is 0 Å². The molecular formula is C17H25N7O. The van der Waals surface area contributed by atoms with Crippen molar-refractivity contribution in [1.82, 2.24) is 29.5 Å². The Bertz CT molecular complexity index is 782. The summed E-state index contributed by atoms with van der Waals surface area (Å²) in [6.07, 6.45) is 6.89. The van der Waals surface area contributed by atoms with E-state index in [2.05, 4.69) is 32.3 Å². The quantitative estimate of drug-likeness (QED) is 0.620. The number of carbonyl (C=O) groups is 1. The van der Waals surface area contributed by atoms with Gasteiger partial charge >= 0.3 is 0 Å². The summed E-state index contributed by atoms with van der Waals surface area (Å²) >= 11 is 0. The molecule has 3 heterocycles. The predicted molar refractivity (Wildman–Crippen MR) is 97.2 cm³/mol. The minimum Gasteiger partial charge on any atom is -0.368 e. The molecule has 0 aromatic carbocycles. The minimum absolute atomic E-state index is 0.0846. The second kappa shape index (κ2) is 7.60. The first-order chi connectivity index (χ1) is 12.0. The number of amides is 1. The van der Waals surface area contributed by atoms with E-state index in [9.17, 15) is 4.79 Å². The van der Waals surface area contributed by atoms with Crippen LogP contribution in [0, 0.1) is 0 Å². The van der Waals surface area contributed by atoms with E-state index in [-0.39, 0.29) is 5.91 Å². The molecule has 8 nitrogen and oxygen atoms in total. The number of rotatable bonds is 6. The maximum Gasteiger partial charge on any atom is 0.246 e. The maximum atomic E-state index is 12.2. The van der Waals surface area contributed by atoms with Crippen LogP contribution in [0.1, 0.15) is 12.8 Å². The van der Waals surface area contributed by atoms with Gasteiger partial charge in [0.25, 0.3) is 0 Å². The number of hydrogen-bond donors (Lipinski definition) is 1. The summed E-state index contributed by atoms with van der Waals surface area (Å²) in [5.41, 5.74) is 2.93. The van der Waals surface area contributed by atoms with Gasteiger partial charge in [-0.1, -0.05) is 0 Å². The molecule has 1 amide bonds. The van der Waals surface area contributed by atoms with Crippen molar-refractivity contribution in [2.75, 3.05) is 45.6 Å². The largest absolute Gasteiger partial charge is 0.368 e. The van der Waals surface area contributed by atoms with Gasteiger partial charge in [-0.25, -0.2) is 9.97 Å². The average Bonchev–Trinajstić information content (AvgIpc) is 3.17. The molecule has 0 unspecified atom stereocenters. The van der Waals surface area contributed by atoms with E-state index in [1.54, 1.807) is 21.9 Å². The van der Waals surface area contributed by atoms with Crippen LogP contribution >= 0.6 is 0 Å². The Morgan fingerprint density at radius 2 is 2.24 bits per heavy atom. The normalized spacial score (nSPS) is 16.7. The van der Waals surface area contributed by atoms with Crippen LogP contribution in [0.3, 0.4) is 0 Å². The fraction of sp³-hybridized carbons (Fsp3) is 0.529. The molecule has 2 aromatic heterocycles. The number of anilines is 1. The van der Waals surface area contributed by atoms with E-state index in [4.69, 9.17) is 0 Å². The third kappa shape index (κ3) is 4.14. The highest BCUT2D eigenvalue weighted by Gasteiger charge is 2.15. The minimum atomic E-state index is 0.0846. The van der Waals surface area contributed by atoms with Crippen LogP contribution < -0.4 is 5.32 Å². The highest BCUT2D eigenvalue weighted by Crippen LogP contribution is 2.17. The Labute approximate surface area is 147 Å². The summed E-state index contributed by atoms with van der Waals surface area (Å²) in [6, 6.07) is 0. The number of fused-ring (bicyclic) bond motifs is 1. The number of aryl methyl sites for hydroxylation is 1. The zero-order valence-electron chi connectivity index (χ0n) is 15.1. The Kier molecular flexibility index (Phi) is 5.28. The van der Waals surface area contributed by atoms with Crippen LogP contribution in [0.4, 0.5) is 5.82 Å². The molecule has 1 fully saturated rings. The molecule has 1 saturated heterocycles. The van der Waals surface area contributed by atoms with Crippen LogP contribution in [0.5, 0.6) is 0 Å². The van der Waals surface area contributed by atoms with Crippen molar-refractivity contribution < 1.29 is 4.79 Å². The third-order valence-electron chi connectivity index (χ3n) is 4.48. The molecule has 0 spiro atoms. The molecule has 8 heteroatoms. The zero-order chi connectivity index (χ0) is 17.8. The number of nitrogens with zero attached hydrogens (tertiary/aromatic N) is 6. The summed E-state index contributed by atoms with van der Waals surface area (Å²) in [4.78, 5) is 24.7. The Morgan fingerprint density at radius 1 is 1.40 bits per heavy atom. The van der Waals surface area contributed by atoms with Crippen LogP contribution in [0.25, 0.3) is 11.0 Å².